The summed E-state index contributed by atoms with van der Waals surface area (Å²) >= 11 is 0. The Balaban J connectivity index is 2.08. The average Bonchev–Trinajstić information content (AvgIpc) is 2.49. The van der Waals surface area contributed by atoms with Crippen molar-refractivity contribution in [3.63, 3.8) is 0 Å². The molecule has 2 aliphatic rings. The van der Waals surface area contributed by atoms with Gasteiger partial charge in [0.2, 0.25) is 0 Å². The van der Waals surface area contributed by atoms with Crippen LogP contribution in [0.1, 0.15) is 27.7 Å². The van der Waals surface area contributed by atoms with Crippen LogP contribution < -0.4 is 5.32 Å². The van der Waals surface area contributed by atoms with Gasteiger partial charge in [-0.15, -0.1) is 0 Å². The van der Waals surface area contributed by atoms with Crippen molar-refractivity contribution < 1.29 is 4.74 Å². The predicted octanol–water partition coefficient (Wildman–Crippen LogP) is 1.34. The summed E-state index contributed by atoms with van der Waals surface area (Å²) in [6, 6.07) is 0.514. The molecule has 2 fully saturated rings. The Labute approximate surface area is 124 Å². The number of nitrogens with one attached hydrogen (secondary N) is 1. The van der Waals surface area contributed by atoms with Crippen LogP contribution in [0.25, 0.3) is 0 Å². The van der Waals surface area contributed by atoms with Crippen molar-refractivity contribution >= 4 is 0 Å². The summed E-state index contributed by atoms with van der Waals surface area (Å²) in [5, 5.41) is 3.44. The lowest BCUT2D eigenvalue weighted by Crippen LogP contribution is -2.56. The fraction of sp³-hybridized carbons (Fsp3) is 0.875. The van der Waals surface area contributed by atoms with Crippen LogP contribution in [0, 0.1) is 0 Å². The minimum absolute atomic E-state index is 0.114. The Bertz CT molecular complexity index is 329. The SMILES string of the molecule is CC=C(C(C)N1CCNCC1)C(C)(C)N1CCOCC1. The molecule has 0 saturated carbocycles. The highest BCUT2D eigenvalue weighted by atomic mass is 16.5. The molecule has 0 aromatic carbocycles. The lowest BCUT2D eigenvalue weighted by atomic mass is 9.85. The molecule has 4 heteroatoms. The van der Waals surface area contributed by atoms with Crippen LogP contribution in [0.5, 0.6) is 0 Å². The molecule has 0 aromatic heterocycles. The van der Waals surface area contributed by atoms with Crippen LogP contribution in [0.4, 0.5) is 0 Å². The zero-order chi connectivity index (χ0) is 14.6. The summed E-state index contributed by atoms with van der Waals surface area (Å²) in [6.45, 7) is 17.6. The normalized spacial score (nSPS) is 25.7. The number of rotatable bonds is 4. The highest BCUT2D eigenvalue weighted by molar-refractivity contribution is 5.23. The minimum Gasteiger partial charge on any atom is -0.379 e. The average molecular weight is 281 g/mol. The molecule has 1 N–H and O–H groups in total. The van der Waals surface area contributed by atoms with E-state index in [2.05, 4.69) is 48.9 Å². The molecule has 2 heterocycles. The molecule has 2 saturated heterocycles. The zero-order valence-corrected chi connectivity index (χ0v) is 13.6. The summed E-state index contributed by atoms with van der Waals surface area (Å²) < 4.78 is 5.51. The molecule has 20 heavy (non-hydrogen) atoms. The Kier molecular flexibility index (Phi) is 5.61. The molecule has 0 aliphatic carbocycles. The second-order valence-corrected chi connectivity index (χ2v) is 6.36. The van der Waals surface area contributed by atoms with E-state index in [4.69, 9.17) is 4.74 Å². The largest absolute Gasteiger partial charge is 0.379 e. The molecule has 116 valence electrons. The molecular formula is C16H31N3O. The standard InChI is InChI=1S/C16H31N3O/c1-5-15(14(2)18-8-6-17-7-9-18)16(3,4)19-10-12-20-13-11-19/h5,14,17H,6-13H2,1-4H3. The van der Waals surface area contributed by atoms with Gasteiger partial charge in [-0.25, -0.2) is 0 Å². The molecule has 0 spiro atoms. The van der Waals surface area contributed by atoms with Crippen molar-refractivity contribution in [3.05, 3.63) is 11.6 Å². The van der Waals surface area contributed by atoms with Gasteiger partial charge in [-0.3, -0.25) is 9.80 Å². The van der Waals surface area contributed by atoms with Gasteiger partial charge in [0.1, 0.15) is 0 Å². The van der Waals surface area contributed by atoms with Gasteiger partial charge < -0.3 is 10.1 Å². The summed E-state index contributed by atoms with van der Waals surface area (Å²) in [7, 11) is 0. The first-order chi connectivity index (χ1) is 9.57. The topological polar surface area (TPSA) is 27.7 Å². The van der Waals surface area contributed by atoms with E-state index in [0.717, 1.165) is 52.5 Å². The summed E-state index contributed by atoms with van der Waals surface area (Å²) in [5.74, 6) is 0. The number of piperazine rings is 1. The molecule has 0 amide bonds. The van der Waals surface area contributed by atoms with Gasteiger partial charge in [-0.1, -0.05) is 6.08 Å². The zero-order valence-electron chi connectivity index (χ0n) is 13.6. The minimum atomic E-state index is 0.114. The fourth-order valence-corrected chi connectivity index (χ4v) is 3.68. The molecule has 2 aliphatic heterocycles. The van der Waals surface area contributed by atoms with Crippen molar-refractivity contribution in [2.75, 3.05) is 52.5 Å². The van der Waals surface area contributed by atoms with Gasteiger partial charge in [0.15, 0.2) is 0 Å². The second kappa shape index (κ2) is 7.03. The number of ether oxygens (including phenoxy) is 1. The Hall–Kier alpha value is -0.420. The van der Waals surface area contributed by atoms with Crippen molar-refractivity contribution in [3.8, 4) is 0 Å². The van der Waals surface area contributed by atoms with E-state index in [1.54, 1.807) is 5.57 Å². The highest BCUT2D eigenvalue weighted by Gasteiger charge is 2.35. The monoisotopic (exact) mass is 281 g/mol. The molecule has 4 nitrogen and oxygen atoms in total. The van der Waals surface area contributed by atoms with E-state index in [9.17, 15) is 0 Å². The van der Waals surface area contributed by atoms with Crippen LogP contribution >= 0.6 is 0 Å². The van der Waals surface area contributed by atoms with Crippen molar-refractivity contribution in [1.29, 1.82) is 0 Å². The quantitative estimate of drug-likeness (QED) is 0.787. The van der Waals surface area contributed by atoms with E-state index >= 15 is 0 Å². The number of nitrogens with zero attached hydrogens (tertiary/aromatic N) is 2. The van der Waals surface area contributed by atoms with Crippen molar-refractivity contribution in [2.24, 2.45) is 0 Å². The van der Waals surface area contributed by atoms with Gasteiger partial charge in [0, 0.05) is 50.8 Å². The van der Waals surface area contributed by atoms with Gasteiger partial charge in [-0.05, 0) is 33.3 Å². The second-order valence-electron chi connectivity index (χ2n) is 6.36. The Morgan fingerprint density at radius 1 is 1.15 bits per heavy atom. The summed E-state index contributed by atoms with van der Waals surface area (Å²) in [6.07, 6.45) is 2.34. The molecular weight excluding hydrogens is 250 g/mol. The third kappa shape index (κ3) is 3.42. The van der Waals surface area contributed by atoms with Crippen LogP contribution in [-0.2, 0) is 4.74 Å². The first-order valence-electron chi connectivity index (χ1n) is 8.01. The molecule has 0 radical (unpaired) electrons. The van der Waals surface area contributed by atoms with Crippen LogP contribution in [-0.4, -0.2) is 73.9 Å². The van der Waals surface area contributed by atoms with E-state index < -0.39 is 0 Å². The maximum atomic E-state index is 5.51. The van der Waals surface area contributed by atoms with E-state index in [0.29, 0.717) is 6.04 Å². The Morgan fingerprint density at radius 2 is 1.75 bits per heavy atom. The number of hydrogen-bond donors (Lipinski definition) is 1. The molecule has 2 rings (SSSR count). The van der Waals surface area contributed by atoms with Crippen LogP contribution in [0.15, 0.2) is 11.6 Å². The molecule has 1 unspecified atom stereocenters. The molecule has 0 aromatic rings. The van der Waals surface area contributed by atoms with E-state index in [-0.39, 0.29) is 5.54 Å². The van der Waals surface area contributed by atoms with E-state index in [1.165, 1.54) is 0 Å². The molecule has 1 atom stereocenters. The summed E-state index contributed by atoms with van der Waals surface area (Å²) in [4.78, 5) is 5.18. The van der Waals surface area contributed by atoms with Crippen LogP contribution in [0.3, 0.4) is 0 Å². The van der Waals surface area contributed by atoms with E-state index in [1.807, 2.05) is 0 Å². The first kappa shape index (κ1) is 16.0. The van der Waals surface area contributed by atoms with Gasteiger partial charge in [0.25, 0.3) is 0 Å². The van der Waals surface area contributed by atoms with Gasteiger partial charge in [-0.2, -0.15) is 0 Å². The first-order valence-corrected chi connectivity index (χ1v) is 8.01. The lowest BCUT2D eigenvalue weighted by Gasteiger charge is -2.46. The lowest BCUT2D eigenvalue weighted by molar-refractivity contribution is -0.00297. The van der Waals surface area contributed by atoms with Crippen molar-refractivity contribution in [1.82, 2.24) is 15.1 Å². The van der Waals surface area contributed by atoms with Crippen LogP contribution in [0.2, 0.25) is 0 Å². The number of morpholine rings is 1. The maximum absolute atomic E-state index is 5.51. The number of allylic oxidation sites excluding steroid dienone is 1. The Morgan fingerprint density at radius 3 is 2.30 bits per heavy atom. The predicted molar refractivity (Wildman–Crippen MR) is 84.1 cm³/mol. The van der Waals surface area contributed by atoms with Crippen molar-refractivity contribution in [2.45, 2.75) is 39.3 Å². The maximum Gasteiger partial charge on any atom is 0.0594 e. The third-order valence-corrected chi connectivity index (χ3v) is 4.97. The third-order valence-electron chi connectivity index (χ3n) is 4.97. The van der Waals surface area contributed by atoms with Gasteiger partial charge in [0.05, 0.1) is 13.2 Å². The fourth-order valence-electron chi connectivity index (χ4n) is 3.68. The summed E-state index contributed by atoms with van der Waals surface area (Å²) in [5.41, 5.74) is 1.66. The smallest absolute Gasteiger partial charge is 0.0594 e. The molecule has 0 bridgehead atoms. The number of hydrogen-bond acceptors (Lipinski definition) is 4. The highest BCUT2D eigenvalue weighted by Crippen LogP contribution is 2.29. The van der Waals surface area contributed by atoms with Gasteiger partial charge >= 0.3 is 0 Å².